The van der Waals surface area contributed by atoms with Gasteiger partial charge in [-0.3, -0.25) is 4.79 Å². The van der Waals surface area contributed by atoms with Gasteiger partial charge < -0.3 is 16.0 Å². The van der Waals surface area contributed by atoms with E-state index in [4.69, 9.17) is 5.73 Å². The molecule has 1 heterocycles. The molecule has 0 aliphatic carbocycles. The number of hydrogen-bond donors (Lipinski definition) is 2. The van der Waals surface area contributed by atoms with Gasteiger partial charge in [0.1, 0.15) is 0 Å². The summed E-state index contributed by atoms with van der Waals surface area (Å²) in [6, 6.07) is 6.76. The second-order valence-electron chi connectivity index (χ2n) is 6.72. The maximum Gasteiger partial charge on any atom is 0.243 e. The van der Waals surface area contributed by atoms with E-state index < -0.39 is 15.6 Å². The summed E-state index contributed by atoms with van der Waals surface area (Å²) in [5, 5.41) is 2.71. The lowest BCUT2D eigenvalue weighted by molar-refractivity contribution is -0.125. The fourth-order valence-corrected chi connectivity index (χ4v) is 4.12. The minimum absolute atomic E-state index is 0. The van der Waals surface area contributed by atoms with Crippen LogP contribution in [0.1, 0.15) is 19.4 Å². The highest BCUT2D eigenvalue weighted by Gasteiger charge is 2.29. The standard InChI is InChI=1S/C16H26N4O3S.2ClH/c1-16(2,17)15(21)18-12-13-6-4-5-7-14(13)24(22,23)20-10-8-19(3)9-11-20;;/h4-7H,8-12,17H2,1-3H3,(H,18,21);2*1H. The Morgan fingerprint density at radius 2 is 1.69 bits per heavy atom. The molecule has 1 saturated heterocycles. The predicted octanol–water partition coefficient (Wildman–Crippen LogP) is 0.820. The Bertz CT molecular complexity index is 700. The van der Waals surface area contributed by atoms with Crippen LogP contribution in [0.25, 0.3) is 0 Å². The maximum atomic E-state index is 12.9. The van der Waals surface area contributed by atoms with Crippen molar-refractivity contribution in [2.75, 3.05) is 33.2 Å². The molecule has 0 bridgehead atoms. The SMILES string of the molecule is CN1CCN(S(=O)(=O)c2ccccc2CNC(=O)C(C)(C)N)CC1.Cl.Cl. The summed E-state index contributed by atoms with van der Waals surface area (Å²) in [5.74, 6) is -0.325. The normalized spacial score (nSPS) is 16.3. The number of likely N-dealkylation sites (N-methyl/N-ethyl adjacent to an activating group) is 1. The summed E-state index contributed by atoms with van der Waals surface area (Å²) >= 11 is 0. The Balaban J connectivity index is 0.00000312. The Labute approximate surface area is 168 Å². The van der Waals surface area contributed by atoms with Crippen molar-refractivity contribution < 1.29 is 13.2 Å². The van der Waals surface area contributed by atoms with Crippen molar-refractivity contribution in [3.63, 3.8) is 0 Å². The Morgan fingerprint density at radius 1 is 1.15 bits per heavy atom. The van der Waals surface area contributed by atoms with Crippen LogP contribution in [-0.2, 0) is 21.4 Å². The minimum atomic E-state index is -3.58. The van der Waals surface area contributed by atoms with E-state index in [-0.39, 0.29) is 42.2 Å². The van der Waals surface area contributed by atoms with Crippen molar-refractivity contribution in [2.45, 2.75) is 30.8 Å². The number of halogens is 2. The van der Waals surface area contributed by atoms with Gasteiger partial charge in [-0.15, -0.1) is 24.8 Å². The minimum Gasteiger partial charge on any atom is -0.350 e. The number of carbonyl (C=O) groups excluding carboxylic acids is 1. The first kappa shape index (κ1) is 25.1. The van der Waals surface area contributed by atoms with E-state index in [1.165, 1.54) is 4.31 Å². The molecule has 0 radical (unpaired) electrons. The topological polar surface area (TPSA) is 95.7 Å². The number of nitrogens with one attached hydrogen (secondary N) is 1. The van der Waals surface area contributed by atoms with Crippen molar-refractivity contribution in [1.82, 2.24) is 14.5 Å². The number of rotatable bonds is 5. The van der Waals surface area contributed by atoms with Crippen LogP contribution in [0.4, 0.5) is 0 Å². The third kappa shape index (κ3) is 6.07. The molecule has 1 aromatic rings. The highest BCUT2D eigenvalue weighted by Crippen LogP contribution is 2.21. The molecule has 1 aliphatic rings. The number of nitrogens with zero attached hydrogens (tertiary/aromatic N) is 2. The van der Waals surface area contributed by atoms with Crippen molar-refractivity contribution in [3.05, 3.63) is 29.8 Å². The average molecular weight is 427 g/mol. The third-order valence-corrected chi connectivity index (χ3v) is 6.08. The van der Waals surface area contributed by atoms with E-state index in [1.807, 2.05) is 7.05 Å². The molecule has 26 heavy (non-hydrogen) atoms. The van der Waals surface area contributed by atoms with Crippen molar-refractivity contribution in [1.29, 1.82) is 0 Å². The van der Waals surface area contributed by atoms with Gasteiger partial charge >= 0.3 is 0 Å². The molecule has 1 fully saturated rings. The molecular weight excluding hydrogens is 399 g/mol. The second kappa shape index (κ2) is 9.87. The summed E-state index contributed by atoms with van der Waals surface area (Å²) < 4.78 is 27.4. The first-order chi connectivity index (χ1) is 11.1. The van der Waals surface area contributed by atoms with Gasteiger partial charge in [-0.1, -0.05) is 18.2 Å². The lowest BCUT2D eigenvalue weighted by Gasteiger charge is -2.32. The van der Waals surface area contributed by atoms with E-state index in [9.17, 15) is 13.2 Å². The number of sulfonamides is 1. The molecule has 3 N–H and O–H groups in total. The molecule has 1 aliphatic heterocycles. The van der Waals surface area contributed by atoms with Crippen LogP contribution in [0.3, 0.4) is 0 Å². The number of nitrogens with two attached hydrogens (primary N) is 1. The van der Waals surface area contributed by atoms with Crippen LogP contribution >= 0.6 is 24.8 Å². The quantitative estimate of drug-likeness (QED) is 0.726. The van der Waals surface area contributed by atoms with E-state index >= 15 is 0 Å². The molecule has 0 spiro atoms. The van der Waals surface area contributed by atoms with Gasteiger partial charge in [0.15, 0.2) is 0 Å². The van der Waals surface area contributed by atoms with E-state index in [1.54, 1.807) is 38.1 Å². The zero-order chi connectivity index (χ0) is 18.0. The molecule has 1 amide bonds. The monoisotopic (exact) mass is 426 g/mol. The maximum absolute atomic E-state index is 12.9. The molecule has 0 saturated carbocycles. The smallest absolute Gasteiger partial charge is 0.243 e. The molecule has 0 aromatic heterocycles. The summed E-state index contributed by atoms with van der Waals surface area (Å²) in [4.78, 5) is 14.3. The molecule has 0 atom stereocenters. The van der Waals surface area contributed by atoms with Crippen LogP contribution in [0, 0.1) is 0 Å². The lowest BCUT2D eigenvalue weighted by Crippen LogP contribution is -2.49. The summed E-state index contributed by atoms with van der Waals surface area (Å²) in [6.07, 6.45) is 0. The number of carbonyl (C=O) groups is 1. The fourth-order valence-electron chi connectivity index (χ4n) is 2.47. The number of piperazine rings is 1. The van der Waals surface area contributed by atoms with Crippen molar-refractivity contribution in [3.8, 4) is 0 Å². The molecule has 0 unspecified atom stereocenters. The molecule has 1 aromatic carbocycles. The van der Waals surface area contributed by atoms with Crippen LogP contribution in [0.5, 0.6) is 0 Å². The van der Waals surface area contributed by atoms with Crippen LogP contribution in [-0.4, -0.2) is 62.3 Å². The van der Waals surface area contributed by atoms with E-state index in [0.717, 1.165) is 0 Å². The van der Waals surface area contributed by atoms with Gasteiger partial charge in [-0.25, -0.2) is 8.42 Å². The van der Waals surface area contributed by atoms with E-state index in [2.05, 4.69) is 10.2 Å². The lowest BCUT2D eigenvalue weighted by atomic mass is 10.1. The summed E-state index contributed by atoms with van der Waals surface area (Å²) in [7, 11) is -1.60. The van der Waals surface area contributed by atoms with Crippen molar-refractivity contribution >= 4 is 40.7 Å². The predicted molar refractivity (Wildman–Crippen MR) is 107 cm³/mol. The summed E-state index contributed by atoms with van der Waals surface area (Å²) in [6.45, 7) is 5.69. The third-order valence-electron chi connectivity index (χ3n) is 4.08. The molecule has 150 valence electrons. The second-order valence-corrected chi connectivity index (χ2v) is 8.63. The van der Waals surface area contributed by atoms with Gasteiger partial charge in [0.05, 0.1) is 10.4 Å². The van der Waals surface area contributed by atoms with Crippen molar-refractivity contribution in [2.24, 2.45) is 5.73 Å². The highest BCUT2D eigenvalue weighted by atomic mass is 35.5. The highest BCUT2D eigenvalue weighted by molar-refractivity contribution is 7.89. The molecular formula is C16H28Cl2N4O3S. The zero-order valence-electron chi connectivity index (χ0n) is 15.3. The van der Waals surface area contributed by atoms with Gasteiger partial charge in [0, 0.05) is 32.7 Å². The van der Waals surface area contributed by atoms with Crippen LogP contribution in [0.15, 0.2) is 29.2 Å². The van der Waals surface area contributed by atoms with Gasteiger partial charge in [0.25, 0.3) is 0 Å². The van der Waals surface area contributed by atoms with Crippen LogP contribution < -0.4 is 11.1 Å². The van der Waals surface area contributed by atoms with Gasteiger partial charge in [-0.05, 0) is 32.5 Å². The van der Waals surface area contributed by atoms with Gasteiger partial charge in [0.2, 0.25) is 15.9 Å². The largest absolute Gasteiger partial charge is 0.350 e. The molecule has 7 nitrogen and oxygen atoms in total. The van der Waals surface area contributed by atoms with E-state index in [0.29, 0.717) is 31.7 Å². The Hall–Kier alpha value is -0.900. The number of amides is 1. The van der Waals surface area contributed by atoms with Crippen LogP contribution in [0.2, 0.25) is 0 Å². The van der Waals surface area contributed by atoms with Gasteiger partial charge in [-0.2, -0.15) is 4.31 Å². The average Bonchev–Trinajstić information content (AvgIpc) is 2.52. The fraction of sp³-hybridized carbons (Fsp3) is 0.562. The summed E-state index contributed by atoms with van der Waals surface area (Å²) in [5.41, 5.74) is 5.31. The first-order valence-electron chi connectivity index (χ1n) is 7.96. The number of benzene rings is 1. The first-order valence-corrected chi connectivity index (χ1v) is 9.40. The Morgan fingerprint density at radius 3 is 2.23 bits per heavy atom. The Kier molecular flexibility index (Phi) is 9.53. The number of hydrogen-bond acceptors (Lipinski definition) is 5. The zero-order valence-corrected chi connectivity index (χ0v) is 17.7. The molecule has 2 rings (SSSR count). The molecule has 10 heteroatoms.